The van der Waals surface area contributed by atoms with Crippen molar-refractivity contribution < 1.29 is 29.6 Å². The maximum absolute atomic E-state index is 11.0. The molecule has 2 atom stereocenters. The van der Waals surface area contributed by atoms with Gasteiger partial charge in [-0.05, 0) is 12.8 Å². The third-order valence-corrected chi connectivity index (χ3v) is 4.76. The molecule has 1 heterocycles. The molecule has 152 valence electrons. The summed E-state index contributed by atoms with van der Waals surface area (Å²) in [7, 11) is 0. The fraction of sp³-hybridized carbons (Fsp3) is 0.850. The monoisotopic (exact) mass is 372 g/mol. The van der Waals surface area contributed by atoms with Gasteiger partial charge in [-0.25, -0.2) is 4.79 Å². The molecule has 1 aliphatic heterocycles. The summed E-state index contributed by atoms with van der Waals surface area (Å²) in [5.74, 6) is -1.22. The van der Waals surface area contributed by atoms with E-state index in [0.717, 1.165) is 12.8 Å². The van der Waals surface area contributed by atoms with E-state index in [9.17, 15) is 15.0 Å². The number of hydrogen-bond acceptors (Lipinski definition) is 6. The van der Waals surface area contributed by atoms with Gasteiger partial charge in [0, 0.05) is 6.42 Å². The fourth-order valence-corrected chi connectivity index (χ4v) is 3.09. The number of aliphatic hydroxyl groups excluding tert-OH is 3. The number of allylic oxidation sites excluding steroid dienone is 1. The Bertz CT molecular complexity index is 401. The van der Waals surface area contributed by atoms with Crippen LogP contribution < -0.4 is 0 Å². The molecule has 3 N–H and O–H groups in total. The minimum atomic E-state index is -1.28. The molecule has 0 aromatic heterocycles. The summed E-state index contributed by atoms with van der Waals surface area (Å²) in [6, 6.07) is 0. The second-order valence-corrected chi connectivity index (χ2v) is 7.18. The molecule has 1 aliphatic rings. The van der Waals surface area contributed by atoms with Crippen LogP contribution in [-0.4, -0.2) is 46.1 Å². The van der Waals surface area contributed by atoms with Crippen LogP contribution in [0.4, 0.5) is 4.79 Å². The number of unbranched alkanes of at least 4 members (excludes halogenated alkanes) is 9. The molecule has 1 fully saturated rings. The molecule has 0 radical (unpaired) electrons. The van der Waals surface area contributed by atoms with Crippen LogP contribution in [0, 0.1) is 0 Å². The van der Waals surface area contributed by atoms with Gasteiger partial charge in [-0.2, -0.15) is 0 Å². The molecule has 0 bridgehead atoms. The number of aliphatic hydroxyl groups is 3. The third kappa shape index (κ3) is 9.01. The zero-order chi connectivity index (χ0) is 19.3. The first-order valence-electron chi connectivity index (χ1n) is 10.1. The number of ether oxygens (including phenoxy) is 2. The van der Waals surface area contributed by atoms with Crippen LogP contribution in [0.5, 0.6) is 0 Å². The molecular formula is C20H36O6. The van der Waals surface area contributed by atoms with Crippen molar-refractivity contribution in [2.45, 2.75) is 102 Å². The van der Waals surface area contributed by atoms with Gasteiger partial charge in [0.05, 0.1) is 19.1 Å². The highest BCUT2D eigenvalue weighted by Gasteiger charge is 2.49. The zero-order valence-electron chi connectivity index (χ0n) is 16.1. The molecular weight excluding hydrogens is 336 g/mol. The van der Waals surface area contributed by atoms with Crippen molar-refractivity contribution in [3.63, 3.8) is 0 Å². The van der Waals surface area contributed by atoms with Gasteiger partial charge in [0.15, 0.2) is 0 Å². The summed E-state index contributed by atoms with van der Waals surface area (Å²) >= 11 is 0. The molecule has 0 amide bonds. The highest BCUT2D eigenvalue weighted by Crippen LogP contribution is 2.34. The number of carbonyl (C=O) groups is 1. The van der Waals surface area contributed by atoms with Gasteiger partial charge < -0.3 is 24.8 Å². The summed E-state index contributed by atoms with van der Waals surface area (Å²) < 4.78 is 10.1. The maximum Gasteiger partial charge on any atom is 0.514 e. The first-order chi connectivity index (χ1) is 12.5. The maximum atomic E-state index is 11.0. The molecule has 6 nitrogen and oxygen atoms in total. The van der Waals surface area contributed by atoms with Crippen LogP contribution in [0.15, 0.2) is 12.2 Å². The topological polar surface area (TPSA) is 96.2 Å². The van der Waals surface area contributed by atoms with Crippen molar-refractivity contribution in [2.24, 2.45) is 0 Å². The van der Waals surface area contributed by atoms with Crippen molar-refractivity contribution in [3.8, 4) is 0 Å². The SMILES string of the molecule is CCCCCCCCCCC/C=C/CC1(CC(O)C(O)CO)OC(=O)O1. The van der Waals surface area contributed by atoms with E-state index in [0.29, 0.717) is 6.42 Å². The van der Waals surface area contributed by atoms with Crippen LogP contribution >= 0.6 is 0 Å². The number of rotatable bonds is 16. The van der Waals surface area contributed by atoms with Gasteiger partial charge in [0.1, 0.15) is 6.10 Å². The first kappa shape index (κ1) is 22.9. The molecule has 1 saturated heterocycles. The van der Waals surface area contributed by atoms with E-state index in [1.54, 1.807) is 0 Å². The van der Waals surface area contributed by atoms with E-state index in [2.05, 4.69) is 6.92 Å². The van der Waals surface area contributed by atoms with Crippen LogP contribution in [0.25, 0.3) is 0 Å². The van der Waals surface area contributed by atoms with Gasteiger partial charge in [0.25, 0.3) is 5.79 Å². The van der Waals surface area contributed by atoms with Gasteiger partial charge in [-0.15, -0.1) is 0 Å². The van der Waals surface area contributed by atoms with Gasteiger partial charge in [0.2, 0.25) is 0 Å². The van der Waals surface area contributed by atoms with E-state index < -0.39 is 30.8 Å². The lowest BCUT2D eigenvalue weighted by molar-refractivity contribution is -0.284. The van der Waals surface area contributed by atoms with Crippen LogP contribution in [0.1, 0.15) is 84.0 Å². The van der Waals surface area contributed by atoms with Gasteiger partial charge in [-0.1, -0.05) is 70.4 Å². The van der Waals surface area contributed by atoms with E-state index in [4.69, 9.17) is 14.6 Å². The van der Waals surface area contributed by atoms with Crippen LogP contribution in [0.3, 0.4) is 0 Å². The average molecular weight is 373 g/mol. The van der Waals surface area contributed by atoms with E-state index >= 15 is 0 Å². The van der Waals surface area contributed by atoms with Gasteiger partial charge in [-0.3, -0.25) is 0 Å². The highest BCUT2D eigenvalue weighted by molar-refractivity contribution is 5.65. The van der Waals surface area contributed by atoms with Gasteiger partial charge >= 0.3 is 6.16 Å². The van der Waals surface area contributed by atoms with E-state index in [1.807, 2.05) is 12.2 Å². The molecule has 6 heteroatoms. The summed E-state index contributed by atoms with van der Waals surface area (Å²) in [4.78, 5) is 11.0. The standard InChI is InChI=1S/C20H36O6/c1-2-3-4-5-6-7-8-9-10-11-12-13-14-20(25-19(24)26-20)15-17(22)18(23)16-21/h12-13,17-18,21-23H,2-11,14-16H2,1H3/b13-12+. The number of hydrogen-bond donors (Lipinski definition) is 3. The summed E-state index contributed by atoms with van der Waals surface area (Å²) in [5, 5.41) is 28.1. The summed E-state index contributed by atoms with van der Waals surface area (Å²) in [6.45, 7) is 1.68. The highest BCUT2D eigenvalue weighted by atomic mass is 16.9. The Hall–Kier alpha value is -1.11. The lowest BCUT2D eigenvalue weighted by Crippen LogP contribution is -2.53. The minimum Gasteiger partial charge on any atom is -0.394 e. The molecule has 0 saturated carbocycles. The average Bonchev–Trinajstić information content (AvgIpc) is 2.60. The Kier molecular flexibility index (Phi) is 11.6. The van der Waals surface area contributed by atoms with E-state index in [1.165, 1.54) is 51.4 Å². The summed E-state index contributed by atoms with van der Waals surface area (Å²) in [5.41, 5.74) is 0. The first-order valence-corrected chi connectivity index (χ1v) is 10.1. The van der Waals surface area contributed by atoms with Crippen molar-refractivity contribution >= 4 is 6.16 Å². The smallest absolute Gasteiger partial charge is 0.394 e. The molecule has 0 spiro atoms. The predicted molar refractivity (Wildman–Crippen MR) is 99.6 cm³/mol. The normalized spacial score (nSPS) is 18.2. The van der Waals surface area contributed by atoms with Crippen molar-refractivity contribution in [3.05, 3.63) is 12.2 Å². The fourth-order valence-electron chi connectivity index (χ4n) is 3.09. The Morgan fingerprint density at radius 2 is 1.50 bits per heavy atom. The Labute approximate surface area is 157 Å². The van der Waals surface area contributed by atoms with Crippen molar-refractivity contribution in [1.29, 1.82) is 0 Å². The second kappa shape index (κ2) is 13.1. The third-order valence-electron chi connectivity index (χ3n) is 4.76. The lowest BCUT2D eigenvalue weighted by atomic mass is 9.99. The molecule has 2 unspecified atom stereocenters. The van der Waals surface area contributed by atoms with Crippen LogP contribution in [-0.2, 0) is 9.47 Å². The number of carbonyl (C=O) groups excluding carboxylic acids is 1. The zero-order valence-corrected chi connectivity index (χ0v) is 16.1. The minimum absolute atomic E-state index is 0.0666. The predicted octanol–water partition coefficient (Wildman–Crippen LogP) is 3.82. The van der Waals surface area contributed by atoms with Crippen LogP contribution in [0.2, 0.25) is 0 Å². The molecule has 26 heavy (non-hydrogen) atoms. The summed E-state index contributed by atoms with van der Waals surface area (Å²) in [6.07, 6.45) is 13.5. The Morgan fingerprint density at radius 1 is 0.923 bits per heavy atom. The van der Waals surface area contributed by atoms with Crippen molar-refractivity contribution in [1.82, 2.24) is 0 Å². The number of cyclic esters (lactones) is 2. The second-order valence-electron chi connectivity index (χ2n) is 7.18. The molecule has 0 aliphatic carbocycles. The lowest BCUT2D eigenvalue weighted by Gasteiger charge is -2.40. The van der Waals surface area contributed by atoms with Crippen molar-refractivity contribution in [2.75, 3.05) is 6.61 Å². The molecule has 0 aromatic carbocycles. The molecule has 1 rings (SSSR count). The Balaban J connectivity index is 2.12. The quantitative estimate of drug-likeness (QED) is 0.216. The largest absolute Gasteiger partial charge is 0.514 e. The Morgan fingerprint density at radius 3 is 2.04 bits per heavy atom. The molecule has 0 aromatic rings. The van der Waals surface area contributed by atoms with E-state index in [-0.39, 0.29) is 6.42 Å².